The first-order valence-corrected chi connectivity index (χ1v) is 11.3. The van der Waals surface area contributed by atoms with Crippen molar-refractivity contribution in [1.29, 1.82) is 0 Å². The number of carbonyl (C=O) groups is 3. The van der Waals surface area contributed by atoms with Crippen molar-refractivity contribution in [2.75, 3.05) is 29.0 Å². The van der Waals surface area contributed by atoms with E-state index in [1.165, 1.54) is 11.3 Å². The molecule has 1 fully saturated rings. The molecular formula is C24H24N4O3S. The van der Waals surface area contributed by atoms with Gasteiger partial charge in [0, 0.05) is 36.1 Å². The minimum atomic E-state index is -0.336. The van der Waals surface area contributed by atoms with Crippen molar-refractivity contribution < 1.29 is 14.4 Å². The second kappa shape index (κ2) is 10.1. The van der Waals surface area contributed by atoms with Gasteiger partial charge in [-0.25, -0.2) is 4.79 Å². The average Bonchev–Trinajstić information content (AvgIpc) is 3.36. The van der Waals surface area contributed by atoms with Gasteiger partial charge in [-0.3, -0.25) is 9.59 Å². The van der Waals surface area contributed by atoms with Crippen molar-refractivity contribution in [3.63, 3.8) is 0 Å². The Balaban J connectivity index is 1.24. The number of urea groups is 1. The van der Waals surface area contributed by atoms with Gasteiger partial charge in [-0.1, -0.05) is 24.3 Å². The molecule has 8 heteroatoms. The number of thiophene rings is 1. The number of rotatable bonds is 5. The van der Waals surface area contributed by atoms with Crippen LogP contribution in [-0.4, -0.2) is 35.8 Å². The van der Waals surface area contributed by atoms with E-state index in [2.05, 4.69) is 16.0 Å². The van der Waals surface area contributed by atoms with E-state index in [1.54, 1.807) is 36.4 Å². The zero-order valence-electron chi connectivity index (χ0n) is 17.4. The van der Waals surface area contributed by atoms with Crippen molar-refractivity contribution in [3.05, 3.63) is 77.0 Å². The maximum atomic E-state index is 12.6. The second-order valence-electron chi connectivity index (χ2n) is 7.56. The quantitative estimate of drug-likeness (QED) is 0.519. The zero-order chi connectivity index (χ0) is 22.3. The second-order valence-corrected chi connectivity index (χ2v) is 8.50. The molecule has 0 spiro atoms. The fraction of sp³-hybridized carbons (Fsp3) is 0.208. The molecule has 0 bridgehead atoms. The molecule has 0 unspecified atom stereocenters. The van der Waals surface area contributed by atoms with Gasteiger partial charge in [0.2, 0.25) is 5.91 Å². The highest BCUT2D eigenvalue weighted by Gasteiger charge is 2.28. The molecule has 2 aromatic carbocycles. The summed E-state index contributed by atoms with van der Waals surface area (Å²) in [5, 5.41) is 10.3. The predicted molar refractivity (Wildman–Crippen MR) is 127 cm³/mol. The maximum Gasteiger partial charge on any atom is 0.323 e. The fourth-order valence-corrected chi connectivity index (χ4v) is 4.29. The first kappa shape index (κ1) is 21.6. The Labute approximate surface area is 190 Å². The van der Waals surface area contributed by atoms with E-state index in [0.717, 1.165) is 4.88 Å². The first-order chi connectivity index (χ1) is 15.6. The van der Waals surface area contributed by atoms with Gasteiger partial charge in [0.15, 0.2) is 0 Å². The summed E-state index contributed by atoms with van der Waals surface area (Å²) in [6.45, 7) is 1.16. The molecule has 32 heavy (non-hydrogen) atoms. The standard InChI is InChI=1S/C24H24N4O3S/c29-22(17-12-14-28(15-13-17)23(30)21-7-4-16-32-21)25-19-8-10-20(11-9-19)27-24(31)26-18-5-2-1-3-6-18/h1-11,16-17H,12-15H2,(H,25,29)(H2,26,27,31). The van der Waals surface area contributed by atoms with Gasteiger partial charge in [-0.15, -0.1) is 11.3 Å². The summed E-state index contributed by atoms with van der Waals surface area (Å²) in [4.78, 5) is 39.7. The number of carbonyl (C=O) groups excluding carboxylic acids is 3. The molecule has 3 N–H and O–H groups in total. The molecule has 0 atom stereocenters. The van der Waals surface area contributed by atoms with Gasteiger partial charge >= 0.3 is 6.03 Å². The Hall–Kier alpha value is -3.65. The third-order valence-electron chi connectivity index (χ3n) is 5.33. The lowest BCUT2D eigenvalue weighted by atomic mass is 9.95. The molecule has 0 saturated carbocycles. The van der Waals surface area contributed by atoms with Gasteiger partial charge in [0.05, 0.1) is 4.88 Å². The summed E-state index contributed by atoms with van der Waals surface area (Å²) in [5.41, 5.74) is 2.00. The fourth-order valence-electron chi connectivity index (χ4n) is 3.60. The molecule has 4 rings (SSSR count). The van der Waals surface area contributed by atoms with E-state index < -0.39 is 0 Å². The third-order valence-corrected chi connectivity index (χ3v) is 6.18. The lowest BCUT2D eigenvalue weighted by Crippen LogP contribution is -2.41. The van der Waals surface area contributed by atoms with Crippen LogP contribution < -0.4 is 16.0 Å². The number of piperidine rings is 1. The zero-order valence-corrected chi connectivity index (χ0v) is 18.2. The van der Waals surface area contributed by atoms with E-state index in [-0.39, 0.29) is 23.8 Å². The van der Waals surface area contributed by atoms with Gasteiger partial charge in [0.1, 0.15) is 0 Å². The highest BCUT2D eigenvalue weighted by molar-refractivity contribution is 7.12. The summed E-state index contributed by atoms with van der Waals surface area (Å²) in [5.74, 6) is -0.133. The number of amides is 4. The molecule has 4 amide bonds. The number of nitrogens with zero attached hydrogens (tertiary/aromatic N) is 1. The number of hydrogen-bond donors (Lipinski definition) is 3. The first-order valence-electron chi connectivity index (χ1n) is 10.5. The molecular weight excluding hydrogens is 424 g/mol. The molecule has 1 aliphatic rings. The number of likely N-dealkylation sites (tertiary alicyclic amines) is 1. The minimum Gasteiger partial charge on any atom is -0.338 e. The van der Waals surface area contributed by atoms with Crippen LogP contribution in [-0.2, 0) is 4.79 Å². The van der Waals surface area contributed by atoms with E-state index in [1.807, 2.05) is 40.6 Å². The van der Waals surface area contributed by atoms with Crippen LogP contribution in [0.15, 0.2) is 72.1 Å². The third kappa shape index (κ3) is 5.53. The van der Waals surface area contributed by atoms with Crippen LogP contribution in [0.4, 0.5) is 21.9 Å². The van der Waals surface area contributed by atoms with Crippen molar-refractivity contribution in [2.45, 2.75) is 12.8 Å². The van der Waals surface area contributed by atoms with Crippen molar-refractivity contribution in [2.24, 2.45) is 5.92 Å². The number of hydrogen-bond acceptors (Lipinski definition) is 4. The maximum absolute atomic E-state index is 12.6. The van der Waals surface area contributed by atoms with E-state index in [0.29, 0.717) is 43.0 Å². The Morgan fingerprint density at radius 3 is 1.94 bits per heavy atom. The molecule has 3 aromatic rings. The van der Waals surface area contributed by atoms with E-state index in [4.69, 9.17) is 0 Å². The molecule has 0 aliphatic carbocycles. The Morgan fingerprint density at radius 2 is 1.34 bits per heavy atom. The molecule has 1 aromatic heterocycles. The van der Waals surface area contributed by atoms with Crippen molar-refractivity contribution in [3.8, 4) is 0 Å². The number of anilines is 3. The summed E-state index contributed by atoms with van der Waals surface area (Å²) >= 11 is 1.44. The average molecular weight is 449 g/mol. The van der Waals surface area contributed by atoms with Crippen LogP contribution in [0.2, 0.25) is 0 Å². The van der Waals surface area contributed by atoms with E-state index in [9.17, 15) is 14.4 Å². The summed E-state index contributed by atoms with van der Waals surface area (Å²) < 4.78 is 0. The smallest absolute Gasteiger partial charge is 0.323 e. The highest BCUT2D eigenvalue weighted by atomic mass is 32.1. The molecule has 1 saturated heterocycles. The Kier molecular flexibility index (Phi) is 6.81. The van der Waals surface area contributed by atoms with E-state index >= 15 is 0 Å². The summed E-state index contributed by atoms with van der Waals surface area (Å²) in [6.07, 6.45) is 1.28. The predicted octanol–water partition coefficient (Wildman–Crippen LogP) is 4.88. The minimum absolute atomic E-state index is 0.0400. The SMILES string of the molecule is O=C(Nc1ccccc1)Nc1ccc(NC(=O)C2CCN(C(=O)c3cccs3)CC2)cc1. The summed E-state index contributed by atoms with van der Waals surface area (Å²) in [6, 6.07) is 19.5. The van der Waals surface area contributed by atoms with Crippen LogP contribution >= 0.6 is 11.3 Å². The van der Waals surface area contributed by atoms with Crippen molar-refractivity contribution in [1.82, 2.24) is 4.90 Å². The number of nitrogens with one attached hydrogen (secondary N) is 3. The number of benzene rings is 2. The summed E-state index contributed by atoms with van der Waals surface area (Å²) in [7, 11) is 0. The van der Waals surface area contributed by atoms with Crippen LogP contribution in [0.1, 0.15) is 22.5 Å². The van der Waals surface area contributed by atoms with Gasteiger partial charge in [-0.2, -0.15) is 0 Å². The van der Waals surface area contributed by atoms with Gasteiger partial charge in [0.25, 0.3) is 5.91 Å². The highest BCUT2D eigenvalue weighted by Crippen LogP contribution is 2.23. The largest absolute Gasteiger partial charge is 0.338 e. The topological polar surface area (TPSA) is 90.5 Å². The Morgan fingerprint density at radius 1 is 0.750 bits per heavy atom. The Bertz CT molecular complexity index is 1060. The molecule has 2 heterocycles. The molecule has 164 valence electrons. The van der Waals surface area contributed by atoms with Crippen LogP contribution in [0.25, 0.3) is 0 Å². The van der Waals surface area contributed by atoms with Crippen LogP contribution in [0.5, 0.6) is 0 Å². The van der Waals surface area contributed by atoms with Crippen molar-refractivity contribution >= 4 is 46.2 Å². The monoisotopic (exact) mass is 448 g/mol. The number of para-hydroxylation sites is 1. The normalized spacial score (nSPS) is 13.9. The lowest BCUT2D eigenvalue weighted by Gasteiger charge is -2.31. The van der Waals surface area contributed by atoms with Crippen LogP contribution in [0, 0.1) is 5.92 Å². The molecule has 1 aliphatic heterocycles. The molecule has 7 nitrogen and oxygen atoms in total. The van der Waals surface area contributed by atoms with Crippen LogP contribution in [0.3, 0.4) is 0 Å². The lowest BCUT2D eigenvalue weighted by molar-refractivity contribution is -0.121. The molecule has 0 radical (unpaired) electrons. The van der Waals surface area contributed by atoms with Gasteiger partial charge in [-0.05, 0) is 60.7 Å². The van der Waals surface area contributed by atoms with Gasteiger partial charge < -0.3 is 20.9 Å².